The highest BCUT2D eigenvalue weighted by molar-refractivity contribution is 6.33. The Morgan fingerprint density at radius 1 is 1.30 bits per heavy atom. The number of halogens is 1. The van der Waals surface area contributed by atoms with Gasteiger partial charge in [0.2, 0.25) is 0 Å². The van der Waals surface area contributed by atoms with Gasteiger partial charge >= 0.3 is 6.09 Å². The smallest absolute Gasteiger partial charge is 0.410 e. The molecule has 23 heavy (non-hydrogen) atoms. The van der Waals surface area contributed by atoms with Crippen molar-refractivity contribution in [2.75, 3.05) is 13.1 Å². The van der Waals surface area contributed by atoms with Crippen LogP contribution in [0.4, 0.5) is 4.79 Å². The van der Waals surface area contributed by atoms with E-state index in [0.29, 0.717) is 29.4 Å². The van der Waals surface area contributed by atoms with Crippen molar-refractivity contribution in [1.29, 1.82) is 0 Å². The summed E-state index contributed by atoms with van der Waals surface area (Å²) in [5, 5.41) is 8.50. The Balaban J connectivity index is 1.69. The number of ether oxygens (including phenoxy) is 1. The lowest BCUT2D eigenvalue weighted by Crippen LogP contribution is -2.42. The number of aromatic nitrogens is 5. The topological polar surface area (TPSA) is 86.0 Å². The first-order valence-corrected chi connectivity index (χ1v) is 7.92. The number of nitrogens with zero attached hydrogens (tertiary/aromatic N) is 6. The third kappa shape index (κ3) is 3.36. The van der Waals surface area contributed by atoms with Gasteiger partial charge in [-0.3, -0.25) is 0 Å². The molecule has 1 aliphatic heterocycles. The van der Waals surface area contributed by atoms with E-state index in [-0.39, 0.29) is 12.1 Å². The fourth-order valence-electron chi connectivity index (χ4n) is 2.60. The molecular weight excluding hydrogens is 320 g/mol. The van der Waals surface area contributed by atoms with Crippen molar-refractivity contribution in [1.82, 2.24) is 29.9 Å². The van der Waals surface area contributed by atoms with Crippen LogP contribution in [-0.4, -0.2) is 54.6 Å². The van der Waals surface area contributed by atoms with Crippen LogP contribution in [0.15, 0.2) is 6.33 Å². The van der Waals surface area contributed by atoms with Gasteiger partial charge in [0.1, 0.15) is 11.9 Å². The Kier molecular flexibility index (Phi) is 4.09. The van der Waals surface area contributed by atoms with E-state index in [0.717, 1.165) is 12.8 Å². The number of rotatable bonds is 1. The lowest BCUT2D eigenvalue weighted by atomic mass is 10.1. The molecule has 3 rings (SSSR count). The summed E-state index contributed by atoms with van der Waals surface area (Å²) in [6.45, 7) is 6.81. The summed E-state index contributed by atoms with van der Waals surface area (Å²) in [5.74, 6) is 0. The molecule has 2 aromatic heterocycles. The summed E-state index contributed by atoms with van der Waals surface area (Å²) in [6.07, 6.45) is 2.66. The zero-order chi connectivity index (χ0) is 16.6. The Bertz CT molecular complexity index is 718. The Morgan fingerprint density at radius 2 is 2.00 bits per heavy atom. The van der Waals surface area contributed by atoms with Crippen LogP contribution in [0.1, 0.15) is 39.7 Å². The van der Waals surface area contributed by atoms with Crippen LogP contribution in [0.3, 0.4) is 0 Å². The zero-order valence-electron chi connectivity index (χ0n) is 13.4. The molecule has 124 valence electrons. The number of hydrogen-bond acceptors (Lipinski definition) is 6. The van der Waals surface area contributed by atoms with E-state index in [4.69, 9.17) is 16.3 Å². The first-order valence-electron chi connectivity index (χ1n) is 7.54. The zero-order valence-corrected chi connectivity index (χ0v) is 14.1. The van der Waals surface area contributed by atoms with Crippen LogP contribution in [0, 0.1) is 0 Å². The molecule has 3 heterocycles. The van der Waals surface area contributed by atoms with Crippen LogP contribution in [0.25, 0.3) is 11.2 Å². The maximum Gasteiger partial charge on any atom is 0.410 e. The van der Waals surface area contributed by atoms with E-state index in [1.54, 1.807) is 9.58 Å². The number of fused-ring (bicyclic) bond motifs is 1. The molecule has 0 bridgehead atoms. The van der Waals surface area contributed by atoms with E-state index in [1.807, 2.05) is 20.8 Å². The van der Waals surface area contributed by atoms with Gasteiger partial charge in [0, 0.05) is 13.1 Å². The number of likely N-dealkylation sites (tertiary alicyclic amines) is 1. The molecule has 0 spiro atoms. The maximum absolute atomic E-state index is 12.1. The molecule has 0 unspecified atom stereocenters. The van der Waals surface area contributed by atoms with Gasteiger partial charge in [-0.2, -0.15) is 0 Å². The molecular formula is C14H19ClN6O2. The lowest BCUT2D eigenvalue weighted by Gasteiger charge is -2.33. The number of amides is 1. The van der Waals surface area contributed by atoms with Crippen molar-refractivity contribution in [3.63, 3.8) is 0 Å². The van der Waals surface area contributed by atoms with Gasteiger partial charge in [0.05, 0.1) is 6.04 Å². The molecule has 0 aliphatic carbocycles. The molecule has 1 fully saturated rings. The molecule has 0 atom stereocenters. The third-order valence-corrected chi connectivity index (χ3v) is 3.96. The molecule has 0 saturated carbocycles. The van der Waals surface area contributed by atoms with Gasteiger partial charge in [0.15, 0.2) is 16.3 Å². The summed E-state index contributed by atoms with van der Waals surface area (Å²) >= 11 is 6.00. The second-order valence-electron chi connectivity index (χ2n) is 6.57. The van der Waals surface area contributed by atoms with Gasteiger partial charge in [-0.25, -0.2) is 19.4 Å². The molecule has 8 nitrogen and oxygen atoms in total. The second kappa shape index (κ2) is 5.92. The maximum atomic E-state index is 12.1. The number of piperidine rings is 1. The minimum absolute atomic E-state index is 0.129. The molecule has 0 radical (unpaired) electrons. The minimum atomic E-state index is -0.482. The van der Waals surface area contributed by atoms with E-state index >= 15 is 0 Å². The third-order valence-electron chi connectivity index (χ3n) is 3.68. The SMILES string of the molecule is CC(C)(C)OC(=O)N1CCC(n2nnc3c(Cl)ncnc32)CC1. The summed E-state index contributed by atoms with van der Waals surface area (Å²) < 4.78 is 7.18. The summed E-state index contributed by atoms with van der Waals surface area (Å²) in [5.41, 5.74) is 0.647. The Hall–Kier alpha value is -1.96. The molecule has 9 heteroatoms. The quantitative estimate of drug-likeness (QED) is 0.742. The average Bonchev–Trinajstić information content (AvgIpc) is 2.91. The molecule has 0 aromatic carbocycles. The van der Waals surface area contributed by atoms with Gasteiger partial charge in [0.25, 0.3) is 0 Å². The molecule has 2 aromatic rings. The highest BCUT2D eigenvalue weighted by Gasteiger charge is 2.29. The first-order chi connectivity index (χ1) is 10.8. The normalized spacial score (nSPS) is 16.8. The fourth-order valence-corrected chi connectivity index (χ4v) is 2.77. The lowest BCUT2D eigenvalue weighted by molar-refractivity contribution is 0.0185. The Labute approximate surface area is 138 Å². The van der Waals surface area contributed by atoms with Gasteiger partial charge in [-0.1, -0.05) is 16.8 Å². The van der Waals surface area contributed by atoms with E-state index in [9.17, 15) is 4.79 Å². The van der Waals surface area contributed by atoms with E-state index in [2.05, 4.69) is 20.3 Å². The van der Waals surface area contributed by atoms with Crippen LogP contribution in [0.5, 0.6) is 0 Å². The van der Waals surface area contributed by atoms with E-state index in [1.165, 1.54) is 6.33 Å². The number of hydrogen-bond donors (Lipinski definition) is 0. The van der Waals surface area contributed by atoms with Crippen LogP contribution in [0.2, 0.25) is 5.15 Å². The summed E-state index contributed by atoms with van der Waals surface area (Å²) in [6, 6.07) is 0.129. The molecule has 0 N–H and O–H groups in total. The highest BCUT2D eigenvalue weighted by Crippen LogP contribution is 2.26. The second-order valence-corrected chi connectivity index (χ2v) is 6.93. The van der Waals surface area contributed by atoms with Crippen molar-refractivity contribution < 1.29 is 9.53 Å². The van der Waals surface area contributed by atoms with Crippen molar-refractivity contribution in [3.05, 3.63) is 11.5 Å². The highest BCUT2D eigenvalue weighted by atomic mass is 35.5. The molecule has 1 amide bonds. The fraction of sp³-hybridized carbons (Fsp3) is 0.643. The minimum Gasteiger partial charge on any atom is -0.444 e. The largest absolute Gasteiger partial charge is 0.444 e. The van der Waals surface area contributed by atoms with E-state index < -0.39 is 5.60 Å². The van der Waals surface area contributed by atoms with Crippen LogP contribution < -0.4 is 0 Å². The molecule has 1 saturated heterocycles. The first kappa shape index (κ1) is 15.9. The summed E-state index contributed by atoms with van der Waals surface area (Å²) in [4.78, 5) is 21.9. The van der Waals surface area contributed by atoms with Crippen molar-refractivity contribution in [2.45, 2.75) is 45.3 Å². The van der Waals surface area contributed by atoms with Crippen molar-refractivity contribution >= 4 is 28.9 Å². The van der Waals surface area contributed by atoms with Crippen molar-refractivity contribution in [2.24, 2.45) is 0 Å². The van der Waals surface area contributed by atoms with Crippen LogP contribution >= 0.6 is 11.6 Å². The van der Waals surface area contributed by atoms with Gasteiger partial charge in [-0.05, 0) is 33.6 Å². The molecule has 1 aliphatic rings. The van der Waals surface area contributed by atoms with Crippen LogP contribution in [-0.2, 0) is 4.74 Å². The number of carbonyl (C=O) groups is 1. The van der Waals surface area contributed by atoms with Gasteiger partial charge in [-0.15, -0.1) is 5.10 Å². The predicted molar refractivity (Wildman–Crippen MR) is 84.2 cm³/mol. The average molecular weight is 339 g/mol. The Morgan fingerprint density at radius 3 is 2.65 bits per heavy atom. The number of carbonyl (C=O) groups excluding carboxylic acids is 1. The van der Waals surface area contributed by atoms with Gasteiger partial charge < -0.3 is 9.64 Å². The predicted octanol–water partition coefficient (Wildman–Crippen LogP) is 2.45. The standard InChI is InChI=1S/C14H19ClN6O2/c1-14(2,3)23-13(22)20-6-4-9(5-7-20)21-12-10(18-19-21)11(15)16-8-17-12/h8-9H,4-7H2,1-3H3. The monoisotopic (exact) mass is 338 g/mol. The van der Waals surface area contributed by atoms with Crippen molar-refractivity contribution in [3.8, 4) is 0 Å². The summed E-state index contributed by atoms with van der Waals surface area (Å²) in [7, 11) is 0.